The first-order chi connectivity index (χ1) is 6.36. The normalized spacial score (nSPS) is 11.8. The summed E-state index contributed by atoms with van der Waals surface area (Å²) in [6, 6.07) is 2.14. The van der Waals surface area contributed by atoms with E-state index in [2.05, 4.69) is 0 Å². The Morgan fingerprint density at radius 3 is 2.36 bits per heavy atom. The van der Waals surface area contributed by atoms with Gasteiger partial charge >= 0.3 is 6.18 Å². The first kappa shape index (κ1) is 11.2. The number of hydrogen-bond acceptors (Lipinski definition) is 1. The second-order valence-electron chi connectivity index (χ2n) is 2.88. The third-order valence-electron chi connectivity index (χ3n) is 1.92. The standard InChI is InChI=1S/C9H9ClF3N/c1-2-5-3-6(9(11,12)13)7(10)4-8(5)14/h3-4H,2,14H2,1H3. The van der Waals surface area contributed by atoms with Crippen molar-refractivity contribution >= 4 is 17.3 Å². The van der Waals surface area contributed by atoms with Crippen LogP contribution in [-0.2, 0) is 12.6 Å². The molecule has 1 aromatic rings. The summed E-state index contributed by atoms with van der Waals surface area (Å²) in [6.45, 7) is 1.74. The zero-order valence-electron chi connectivity index (χ0n) is 7.45. The monoisotopic (exact) mass is 223 g/mol. The van der Waals surface area contributed by atoms with Crippen molar-refractivity contribution < 1.29 is 13.2 Å². The molecule has 0 unspecified atom stereocenters. The Hall–Kier alpha value is -0.900. The lowest BCUT2D eigenvalue weighted by Gasteiger charge is -2.12. The van der Waals surface area contributed by atoms with Gasteiger partial charge in [-0.05, 0) is 24.1 Å². The molecule has 0 saturated carbocycles. The lowest BCUT2D eigenvalue weighted by Crippen LogP contribution is -2.08. The molecule has 0 bridgehead atoms. The van der Waals surface area contributed by atoms with Crippen LogP contribution < -0.4 is 5.73 Å². The first-order valence-corrected chi connectivity index (χ1v) is 4.39. The van der Waals surface area contributed by atoms with Crippen molar-refractivity contribution in [3.8, 4) is 0 Å². The maximum atomic E-state index is 12.4. The van der Waals surface area contributed by atoms with E-state index >= 15 is 0 Å². The Morgan fingerprint density at radius 2 is 1.93 bits per heavy atom. The van der Waals surface area contributed by atoms with Crippen molar-refractivity contribution in [2.45, 2.75) is 19.5 Å². The molecular weight excluding hydrogens is 215 g/mol. The van der Waals surface area contributed by atoms with E-state index in [9.17, 15) is 13.2 Å². The fourth-order valence-electron chi connectivity index (χ4n) is 1.16. The quantitative estimate of drug-likeness (QED) is 0.725. The number of hydrogen-bond donors (Lipinski definition) is 1. The number of anilines is 1. The van der Waals surface area contributed by atoms with Crippen LogP contribution in [0, 0.1) is 0 Å². The zero-order valence-corrected chi connectivity index (χ0v) is 8.21. The molecular formula is C9H9ClF3N. The van der Waals surface area contributed by atoms with Gasteiger partial charge in [0.25, 0.3) is 0 Å². The molecule has 0 spiro atoms. The Balaban J connectivity index is 3.32. The molecule has 0 saturated heterocycles. The van der Waals surface area contributed by atoms with E-state index in [1.165, 1.54) is 0 Å². The number of alkyl halides is 3. The average molecular weight is 224 g/mol. The van der Waals surface area contributed by atoms with Gasteiger partial charge in [0.2, 0.25) is 0 Å². The van der Waals surface area contributed by atoms with Crippen molar-refractivity contribution in [2.75, 3.05) is 5.73 Å². The second kappa shape index (κ2) is 3.69. The van der Waals surface area contributed by atoms with Gasteiger partial charge in [-0.25, -0.2) is 0 Å². The molecule has 1 aromatic carbocycles. The Bertz CT molecular complexity index is 347. The maximum Gasteiger partial charge on any atom is 0.417 e. The van der Waals surface area contributed by atoms with Crippen LogP contribution in [0.4, 0.5) is 18.9 Å². The molecule has 14 heavy (non-hydrogen) atoms. The minimum atomic E-state index is -4.42. The molecule has 0 radical (unpaired) electrons. The molecule has 1 nitrogen and oxygen atoms in total. The van der Waals surface area contributed by atoms with Gasteiger partial charge in [0.1, 0.15) is 0 Å². The van der Waals surface area contributed by atoms with E-state index in [0.29, 0.717) is 17.7 Å². The van der Waals surface area contributed by atoms with Crippen LogP contribution in [0.25, 0.3) is 0 Å². The van der Waals surface area contributed by atoms with Crippen molar-refractivity contribution in [1.29, 1.82) is 0 Å². The van der Waals surface area contributed by atoms with Crippen LogP contribution in [0.5, 0.6) is 0 Å². The average Bonchev–Trinajstić information content (AvgIpc) is 2.02. The largest absolute Gasteiger partial charge is 0.417 e. The van der Waals surface area contributed by atoms with Crippen LogP contribution in [0.1, 0.15) is 18.1 Å². The summed E-state index contributed by atoms with van der Waals surface area (Å²) in [7, 11) is 0. The molecule has 0 atom stereocenters. The molecule has 0 aromatic heterocycles. The molecule has 0 aliphatic heterocycles. The minimum absolute atomic E-state index is 0.297. The topological polar surface area (TPSA) is 26.0 Å². The van der Waals surface area contributed by atoms with Crippen LogP contribution in [0.3, 0.4) is 0 Å². The molecule has 0 amide bonds. The van der Waals surface area contributed by atoms with Gasteiger partial charge in [0, 0.05) is 5.69 Å². The predicted molar refractivity (Wildman–Crippen MR) is 50.2 cm³/mol. The smallest absolute Gasteiger partial charge is 0.398 e. The summed E-state index contributed by atoms with van der Waals surface area (Å²) >= 11 is 5.44. The number of benzene rings is 1. The minimum Gasteiger partial charge on any atom is -0.398 e. The van der Waals surface area contributed by atoms with E-state index in [-0.39, 0.29) is 5.02 Å². The third kappa shape index (κ3) is 2.12. The van der Waals surface area contributed by atoms with E-state index < -0.39 is 11.7 Å². The highest BCUT2D eigenvalue weighted by molar-refractivity contribution is 6.31. The van der Waals surface area contributed by atoms with Crippen molar-refractivity contribution in [1.82, 2.24) is 0 Å². The predicted octanol–water partition coefficient (Wildman–Crippen LogP) is 3.50. The Labute approximate surface area is 84.7 Å². The van der Waals surface area contributed by atoms with Gasteiger partial charge in [-0.3, -0.25) is 0 Å². The number of nitrogen functional groups attached to an aromatic ring is 1. The summed E-state index contributed by atoms with van der Waals surface area (Å²) in [5.41, 5.74) is 5.42. The van der Waals surface area contributed by atoms with Crippen LogP contribution >= 0.6 is 11.6 Å². The van der Waals surface area contributed by atoms with E-state index in [1.807, 2.05) is 0 Å². The fourth-order valence-corrected chi connectivity index (χ4v) is 1.44. The van der Waals surface area contributed by atoms with E-state index in [0.717, 1.165) is 12.1 Å². The highest BCUT2D eigenvalue weighted by Gasteiger charge is 2.33. The van der Waals surface area contributed by atoms with Gasteiger partial charge in [-0.2, -0.15) is 13.2 Å². The SMILES string of the molecule is CCc1cc(C(F)(F)F)c(Cl)cc1N. The van der Waals surface area contributed by atoms with Crippen LogP contribution in [0.2, 0.25) is 5.02 Å². The van der Waals surface area contributed by atoms with E-state index in [1.54, 1.807) is 6.92 Å². The molecule has 0 aliphatic rings. The van der Waals surface area contributed by atoms with E-state index in [4.69, 9.17) is 17.3 Å². The molecule has 0 fully saturated rings. The highest BCUT2D eigenvalue weighted by atomic mass is 35.5. The van der Waals surface area contributed by atoms with Crippen molar-refractivity contribution in [2.24, 2.45) is 0 Å². The number of aryl methyl sites for hydroxylation is 1. The Kier molecular flexibility index (Phi) is 2.95. The third-order valence-corrected chi connectivity index (χ3v) is 2.23. The molecule has 0 aliphatic carbocycles. The van der Waals surface area contributed by atoms with Gasteiger partial charge < -0.3 is 5.73 Å². The van der Waals surface area contributed by atoms with Crippen LogP contribution in [0.15, 0.2) is 12.1 Å². The number of halogens is 4. The van der Waals surface area contributed by atoms with Gasteiger partial charge in [0.15, 0.2) is 0 Å². The highest BCUT2D eigenvalue weighted by Crippen LogP contribution is 2.36. The summed E-state index contributed by atoms with van der Waals surface area (Å²) in [4.78, 5) is 0. The molecule has 2 N–H and O–H groups in total. The van der Waals surface area contributed by atoms with Crippen molar-refractivity contribution in [3.63, 3.8) is 0 Å². The summed E-state index contributed by atoms with van der Waals surface area (Å²) in [6.07, 6.45) is -3.97. The second-order valence-corrected chi connectivity index (χ2v) is 3.29. The molecule has 5 heteroatoms. The summed E-state index contributed by atoms with van der Waals surface area (Å²) in [5.74, 6) is 0. The molecule has 78 valence electrons. The summed E-state index contributed by atoms with van der Waals surface area (Å²) in [5, 5.41) is -0.354. The van der Waals surface area contributed by atoms with Gasteiger partial charge in [-0.1, -0.05) is 18.5 Å². The number of rotatable bonds is 1. The fraction of sp³-hybridized carbons (Fsp3) is 0.333. The molecule has 1 rings (SSSR count). The van der Waals surface area contributed by atoms with Crippen LogP contribution in [-0.4, -0.2) is 0 Å². The van der Waals surface area contributed by atoms with Gasteiger partial charge in [0.05, 0.1) is 10.6 Å². The van der Waals surface area contributed by atoms with Gasteiger partial charge in [-0.15, -0.1) is 0 Å². The number of nitrogens with two attached hydrogens (primary N) is 1. The van der Waals surface area contributed by atoms with Crippen molar-refractivity contribution in [3.05, 3.63) is 28.3 Å². The zero-order chi connectivity index (χ0) is 10.9. The summed E-state index contributed by atoms with van der Waals surface area (Å²) < 4.78 is 37.1. The molecule has 0 heterocycles. The lowest BCUT2D eigenvalue weighted by molar-refractivity contribution is -0.137. The maximum absolute atomic E-state index is 12.4. The first-order valence-electron chi connectivity index (χ1n) is 4.01. The lowest BCUT2D eigenvalue weighted by atomic mass is 10.1. The Morgan fingerprint density at radius 1 is 1.36 bits per heavy atom.